The number of esters is 1. The number of ether oxygens (including phenoxy) is 1. The van der Waals surface area contributed by atoms with E-state index in [1.165, 1.54) is 6.08 Å². The Kier molecular flexibility index (Phi) is 11.5. The van der Waals surface area contributed by atoms with E-state index in [4.69, 9.17) is 4.74 Å². The van der Waals surface area contributed by atoms with E-state index in [9.17, 15) is 14.7 Å². The molecule has 0 fully saturated rings. The molecule has 0 aromatic heterocycles. The van der Waals surface area contributed by atoms with Crippen LogP contribution >= 0.6 is 0 Å². The maximum absolute atomic E-state index is 11.1. The van der Waals surface area contributed by atoms with Gasteiger partial charge in [0.2, 0.25) is 0 Å². The Morgan fingerprint density at radius 2 is 1.94 bits per heavy atom. The fourth-order valence-electron chi connectivity index (χ4n) is 1.32. The predicted molar refractivity (Wildman–Crippen MR) is 61.8 cm³/mol. The van der Waals surface area contributed by atoms with Crippen molar-refractivity contribution in [3.8, 4) is 0 Å². The Labute approximate surface area is 130 Å². The van der Waals surface area contributed by atoms with E-state index < -0.39 is 18.0 Å². The van der Waals surface area contributed by atoms with Crippen LogP contribution < -0.4 is 40.0 Å². The van der Waals surface area contributed by atoms with Crippen molar-refractivity contribution in [3.63, 3.8) is 0 Å². The minimum absolute atomic E-state index is 0. The number of aliphatic carboxylic acids is 1. The maximum Gasteiger partial charge on any atom is 1.00 e. The number of carbonyl (C=O) groups excluding carboxylic acids is 2. The number of hydrogen-bond donors (Lipinski definition) is 1. The Hall–Kier alpha value is -0.520. The van der Waals surface area contributed by atoms with Crippen LogP contribution in [0.25, 0.3) is 0 Å². The average molecular weight is 265 g/mol. The van der Waals surface area contributed by atoms with Gasteiger partial charge in [-0.1, -0.05) is 20.3 Å². The average Bonchev–Trinajstić information content (AvgIpc) is 2.24. The van der Waals surface area contributed by atoms with Gasteiger partial charge in [-0.15, -0.1) is 0 Å². The van der Waals surface area contributed by atoms with Gasteiger partial charge in [0.25, 0.3) is 0 Å². The summed E-state index contributed by atoms with van der Waals surface area (Å²) in [5, 5.41) is 13.7. The van der Waals surface area contributed by atoms with Gasteiger partial charge >= 0.3 is 35.5 Å². The van der Waals surface area contributed by atoms with Crippen LogP contribution in [0.2, 0.25) is 0 Å². The molecule has 1 N–H and O–H groups in total. The third-order valence-electron chi connectivity index (χ3n) is 2.47. The second-order valence-electron chi connectivity index (χ2n) is 3.91. The van der Waals surface area contributed by atoms with Crippen LogP contribution in [-0.2, 0) is 14.3 Å². The molecule has 0 amide bonds. The Balaban J connectivity index is 0. The molecule has 0 saturated heterocycles. The molecule has 6 heteroatoms. The van der Waals surface area contributed by atoms with Gasteiger partial charge in [-0.05, 0) is 19.8 Å². The molecule has 0 aliphatic carbocycles. The quantitative estimate of drug-likeness (QED) is 0.306. The monoisotopic (exact) mass is 265 g/mol. The molecule has 0 aromatic rings. The van der Waals surface area contributed by atoms with E-state index in [-0.39, 0.29) is 42.1 Å². The third kappa shape index (κ3) is 7.74. The van der Waals surface area contributed by atoms with Crippen molar-refractivity contribution in [2.75, 3.05) is 6.61 Å². The molecule has 0 heterocycles. The summed E-state index contributed by atoms with van der Waals surface area (Å²) in [6, 6.07) is -0.800. The second-order valence-corrected chi connectivity index (χ2v) is 3.91. The number of rotatable bonds is 7. The van der Waals surface area contributed by atoms with Crippen molar-refractivity contribution in [2.24, 2.45) is 5.92 Å². The second kappa shape index (κ2) is 10.4. The molecule has 5 nitrogen and oxygen atoms in total. The summed E-state index contributed by atoms with van der Waals surface area (Å²) < 4.78 is 4.72. The Morgan fingerprint density at radius 3 is 2.33 bits per heavy atom. The number of hydrogen-bond acceptors (Lipinski definition) is 5. The zero-order valence-electron chi connectivity index (χ0n) is 11.8. The van der Waals surface area contributed by atoms with Crippen molar-refractivity contribution in [1.29, 1.82) is 0 Å². The Morgan fingerprint density at radius 1 is 1.39 bits per heavy atom. The minimum Gasteiger partial charge on any atom is -0.548 e. The van der Waals surface area contributed by atoms with Gasteiger partial charge in [0.1, 0.15) is 0 Å². The summed E-state index contributed by atoms with van der Waals surface area (Å²) in [6.07, 6.45) is 1.94. The van der Waals surface area contributed by atoms with Crippen LogP contribution in [0.5, 0.6) is 0 Å². The number of carboxylic acids is 1. The molecule has 0 unspecified atom stereocenters. The summed E-state index contributed by atoms with van der Waals surface area (Å²) in [7, 11) is 0. The first kappa shape index (κ1) is 19.8. The molecule has 0 saturated carbocycles. The molecule has 0 aliphatic rings. The molecule has 0 bridgehead atoms. The normalized spacial score (nSPS) is 14.1. The van der Waals surface area contributed by atoms with Crippen molar-refractivity contribution in [2.45, 2.75) is 40.2 Å². The standard InChI is InChI=1S/C12H21NO4.Na/c1-5-8(3)11(12(15)16)13-9(4)7-10(14)17-6-2;/h7-8,11,13H,5-6H2,1-4H3,(H,15,16);/q;+1/p-1/t8-,11-;/m0./s1. The van der Waals surface area contributed by atoms with Gasteiger partial charge in [0.15, 0.2) is 0 Å². The van der Waals surface area contributed by atoms with E-state index in [0.717, 1.165) is 0 Å². The predicted octanol–water partition coefficient (Wildman–Crippen LogP) is -2.79. The first-order chi connectivity index (χ1) is 7.92. The van der Waals surface area contributed by atoms with E-state index >= 15 is 0 Å². The molecule has 0 rings (SSSR count). The van der Waals surface area contributed by atoms with Gasteiger partial charge in [-0.2, -0.15) is 0 Å². The molecular weight excluding hydrogens is 245 g/mol. The number of allylic oxidation sites excluding steroid dienone is 1. The first-order valence-electron chi connectivity index (χ1n) is 5.74. The minimum atomic E-state index is -1.17. The van der Waals surface area contributed by atoms with E-state index in [2.05, 4.69) is 5.32 Å². The molecular formula is C12H20NNaO4. The van der Waals surface area contributed by atoms with E-state index in [1.807, 2.05) is 13.8 Å². The van der Waals surface area contributed by atoms with E-state index in [1.54, 1.807) is 13.8 Å². The van der Waals surface area contributed by atoms with Gasteiger partial charge in [-0.25, -0.2) is 4.79 Å². The van der Waals surface area contributed by atoms with Crippen LogP contribution in [0.3, 0.4) is 0 Å². The van der Waals surface area contributed by atoms with Gasteiger partial charge in [0.05, 0.1) is 18.6 Å². The molecule has 0 aromatic carbocycles. The van der Waals surface area contributed by atoms with E-state index in [0.29, 0.717) is 12.1 Å². The van der Waals surface area contributed by atoms with Gasteiger partial charge in [-0.3, -0.25) is 0 Å². The van der Waals surface area contributed by atoms with Crippen molar-refractivity contribution >= 4 is 11.9 Å². The SMILES string of the molecule is CCOC(=O)C=C(C)N[C@H](C(=O)[O-])[C@@H](C)CC.[Na+]. The molecule has 18 heavy (non-hydrogen) atoms. The Bertz CT molecular complexity index is 304. The molecule has 2 atom stereocenters. The third-order valence-corrected chi connectivity index (χ3v) is 2.47. The smallest absolute Gasteiger partial charge is 0.548 e. The van der Waals surface area contributed by atoms with Crippen molar-refractivity contribution in [3.05, 3.63) is 11.8 Å². The topological polar surface area (TPSA) is 78.5 Å². The first-order valence-corrected chi connectivity index (χ1v) is 5.74. The number of carbonyl (C=O) groups is 2. The zero-order chi connectivity index (χ0) is 13.4. The fourth-order valence-corrected chi connectivity index (χ4v) is 1.32. The van der Waals surface area contributed by atoms with Gasteiger partial charge < -0.3 is 20.0 Å². The summed E-state index contributed by atoms with van der Waals surface area (Å²) in [5.74, 6) is -1.74. The van der Waals surface area contributed by atoms with Crippen molar-refractivity contribution in [1.82, 2.24) is 5.32 Å². The van der Waals surface area contributed by atoms with Gasteiger partial charge in [0, 0.05) is 11.8 Å². The summed E-state index contributed by atoms with van der Waals surface area (Å²) in [5.41, 5.74) is 0.456. The molecule has 0 radical (unpaired) electrons. The van der Waals surface area contributed by atoms with Crippen LogP contribution in [0.4, 0.5) is 0 Å². The molecule has 0 spiro atoms. The summed E-state index contributed by atoms with van der Waals surface area (Å²) in [4.78, 5) is 22.1. The summed E-state index contributed by atoms with van der Waals surface area (Å²) >= 11 is 0. The van der Waals surface area contributed by atoms with Crippen molar-refractivity contribution < 1.29 is 49.0 Å². The number of carboxylic acid groups (broad SMARTS) is 1. The number of nitrogens with one attached hydrogen (secondary N) is 1. The zero-order valence-corrected chi connectivity index (χ0v) is 13.8. The largest absolute Gasteiger partial charge is 1.00 e. The molecule has 0 aliphatic heterocycles. The van der Waals surface area contributed by atoms with Crippen LogP contribution in [-0.4, -0.2) is 24.6 Å². The molecule has 98 valence electrons. The maximum atomic E-state index is 11.1. The fraction of sp³-hybridized carbons (Fsp3) is 0.667. The van der Waals surface area contributed by atoms with Crippen LogP contribution in [0, 0.1) is 5.92 Å². The van der Waals surface area contributed by atoms with Crippen LogP contribution in [0.1, 0.15) is 34.1 Å². The summed E-state index contributed by atoms with van der Waals surface area (Å²) in [6.45, 7) is 7.32. The van der Waals surface area contributed by atoms with Crippen LogP contribution in [0.15, 0.2) is 11.8 Å².